The van der Waals surface area contributed by atoms with Crippen LogP contribution in [0.4, 0.5) is 5.69 Å². The van der Waals surface area contributed by atoms with Gasteiger partial charge in [0.2, 0.25) is 10.0 Å². The Morgan fingerprint density at radius 2 is 2.10 bits per heavy atom. The molecule has 1 unspecified atom stereocenters. The van der Waals surface area contributed by atoms with Crippen LogP contribution in [-0.4, -0.2) is 18.0 Å². The van der Waals surface area contributed by atoms with Crippen molar-refractivity contribution in [3.63, 3.8) is 0 Å². The number of aromatic nitrogens is 2. The van der Waals surface area contributed by atoms with Gasteiger partial charge in [-0.2, -0.15) is 0 Å². The zero-order valence-corrected chi connectivity index (χ0v) is 12.5. The summed E-state index contributed by atoms with van der Waals surface area (Å²) in [5, 5.41) is 8.42. The van der Waals surface area contributed by atoms with Gasteiger partial charge in [0, 0.05) is 25.1 Å². The van der Waals surface area contributed by atoms with Crippen LogP contribution in [0.3, 0.4) is 0 Å². The first-order valence-corrected chi connectivity index (χ1v) is 7.71. The molecule has 1 atom stereocenters. The number of hydrogen-bond acceptors (Lipinski definition) is 4. The molecule has 0 saturated carbocycles. The lowest BCUT2D eigenvalue weighted by molar-refractivity contribution is 0.598. The van der Waals surface area contributed by atoms with E-state index in [2.05, 4.69) is 10.3 Å². The van der Waals surface area contributed by atoms with Crippen LogP contribution in [0.25, 0.3) is 0 Å². The van der Waals surface area contributed by atoms with Crippen molar-refractivity contribution in [2.24, 2.45) is 12.2 Å². The molecule has 108 valence electrons. The second-order valence-electron chi connectivity index (χ2n) is 4.78. The van der Waals surface area contributed by atoms with Crippen molar-refractivity contribution in [2.45, 2.75) is 24.8 Å². The molecular formula is C13H18N4O2S. The summed E-state index contributed by atoms with van der Waals surface area (Å²) in [5.41, 5.74) is 1.67. The molecule has 2 aromatic rings. The largest absolute Gasteiger partial charge is 0.375 e. The number of nitrogens with one attached hydrogen (secondary N) is 1. The van der Waals surface area contributed by atoms with Crippen LogP contribution >= 0.6 is 0 Å². The van der Waals surface area contributed by atoms with Crippen molar-refractivity contribution >= 4 is 15.7 Å². The number of primary sulfonamides is 1. The number of hydrogen-bond donors (Lipinski definition) is 2. The van der Waals surface area contributed by atoms with Crippen molar-refractivity contribution in [1.29, 1.82) is 0 Å². The fourth-order valence-corrected chi connectivity index (χ4v) is 2.57. The molecule has 1 heterocycles. The Morgan fingerprint density at radius 1 is 1.40 bits per heavy atom. The summed E-state index contributed by atoms with van der Waals surface area (Å²) in [4.78, 5) is 4.37. The Labute approximate surface area is 118 Å². The number of benzene rings is 1. The molecule has 0 fully saturated rings. The quantitative estimate of drug-likeness (QED) is 0.895. The van der Waals surface area contributed by atoms with Gasteiger partial charge in [-0.15, -0.1) is 0 Å². The minimum absolute atomic E-state index is 0.0515. The number of aryl methyl sites for hydroxylation is 2. The van der Waals surface area contributed by atoms with E-state index in [0.717, 1.165) is 17.1 Å². The van der Waals surface area contributed by atoms with E-state index in [1.54, 1.807) is 18.3 Å². The van der Waals surface area contributed by atoms with Crippen LogP contribution < -0.4 is 10.5 Å². The van der Waals surface area contributed by atoms with E-state index in [0.29, 0.717) is 0 Å². The highest BCUT2D eigenvalue weighted by atomic mass is 32.2. The van der Waals surface area contributed by atoms with E-state index >= 15 is 0 Å². The predicted octanol–water partition coefficient (Wildman–Crippen LogP) is 1.55. The standard InChI is InChI=1S/C13H18N4O2S/c1-9-4-5-11(20(14,18)19)8-12(9)16-10(2)13-15-6-7-17(13)3/h4-8,10,16H,1-3H3,(H2,14,18,19). The molecular weight excluding hydrogens is 276 g/mol. The zero-order valence-electron chi connectivity index (χ0n) is 11.7. The van der Waals surface area contributed by atoms with Gasteiger partial charge in [-0.05, 0) is 31.5 Å². The molecule has 0 amide bonds. The minimum Gasteiger partial charge on any atom is -0.375 e. The summed E-state index contributed by atoms with van der Waals surface area (Å²) in [5.74, 6) is 0.866. The van der Waals surface area contributed by atoms with Gasteiger partial charge in [0.25, 0.3) is 0 Å². The molecule has 6 nitrogen and oxygen atoms in total. The third-order valence-electron chi connectivity index (χ3n) is 3.16. The molecule has 0 saturated heterocycles. The first-order valence-electron chi connectivity index (χ1n) is 6.16. The monoisotopic (exact) mass is 294 g/mol. The maximum Gasteiger partial charge on any atom is 0.238 e. The Hall–Kier alpha value is -1.86. The molecule has 0 aliphatic heterocycles. The van der Waals surface area contributed by atoms with Crippen LogP contribution in [0.15, 0.2) is 35.5 Å². The molecule has 0 radical (unpaired) electrons. The van der Waals surface area contributed by atoms with Crippen molar-refractivity contribution in [1.82, 2.24) is 9.55 Å². The Balaban J connectivity index is 2.32. The minimum atomic E-state index is -3.70. The Kier molecular flexibility index (Phi) is 3.82. The highest BCUT2D eigenvalue weighted by Gasteiger charge is 2.14. The third-order valence-corrected chi connectivity index (χ3v) is 4.07. The maximum atomic E-state index is 11.4. The highest BCUT2D eigenvalue weighted by Crippen LogP contribution is 2.23. The molecule has 0 aliphatic rings. The molecule has 1 aromatic heterocycles. The summed E-state index contributed by atoms with van der Waals surface area (Å²) in [6.45, 7) is 3.87. The van der Waals surface area contributed by atoms with Crippen LogP contribution in [0, 0.1) is 6.92 Å². The number of rotatable bonds is 4. The average Bonchev–Trinajstić information content (AvgIpc) is 2.77. The maximum absolute atomic E-state index is 11.4. The van der Waals surface area contributed by atoms with E-state index in [9.17, 15) is 8.42 Å². The second kappa shape index (κ2) is 5.26. The number of sulfonamides is 1. The molecule has 7 heteroatoms. The van der Waals surface area contributed by atoms with Gasteiger partial charge in [-0.25, -0.2) is 18.5 Å². The fraction of sp³-hybridized carbons (Fsp3) is 0.308. The van der Waals surface area contributed by atoms with Gasteiger partial charge in [-0.3, -0.25) is 0 Å². The molecule has 3 N–H and O–H groups in total. The summed E-state index contributed by atoms with van der Waals surface area (Å²) in [6.07, 6.45) is 3.59. The van der Waals surface area contributed by atoms with Gasteiger partial charge < -0.3 is 9.88 Å². The molecule has 0 aliphatic carbocycles. The molecule has 2 rings (SSSR count). The second-order valence-corrected chi connectivity index (χ2v) is 6.35. The Morgan fingerprint density at radius 3 is 2.65 bits per heavy atom. The fourth-order valence-electron chi connectivity index (χ4n) is 2.03. The first kappa shape index (κ1) is 14.5. The smallest absolute Gasteiger partial charge is 0.238 e. The molecule has 0 bridgehead atoms. The summed E-state index contributed by atoms with van der Waals surface area (Å²) in [6, 6.07) is 4.72. The summed E-state index contributed by atoms with van der Waals surface area (Å²) in [7, 11) is -1.79. The average molecular weight is 294 g/mol. The van der Waals surface area contributed by atoms with E-state index in [1.807, 2.05) is 31.7 Å². The lowest BCUT2D eigenvalue weighted by atomic mass is 10.2. The van der Waals surface area contributed by atoms with E-state index in [1.165, 1.54) is 6.07 Å². The molecule has 1 aromatic carbocycles. The van der Waals surface area contributed by atoms with Gasteiger partial charge in [0.1, 0.15) is 5.82 Å². The SMILES string of the molecule is Cc1ccc(S(N)(=O)=O)cc1NC(C)c1nccn1C. The van der Waals surface area contributed by atoms with Crippen molar-refractivity contribution in [2.75, 3.05) is 5.32 Å². The number of imidazole rings is 1. The van der Waals surface area contributed by atoms with E-state index < -0.39 is 10.0 Å². The van der Waals surface area contributed by atoms with Crippen molar-refractivity contribution in [3.8, 4) is 0 Å². The van der Waals surface area contributed by atoms with E-state index in [-0.39, 0.29) is 10.9 Å². The van der Waals surface area contributed by atoms with Gasteiger partial charge >= 0.3 is 0 Å². The number of nitrogens with zero attached hydrogens (tertiary/aromatic N) is 2. The lowest BCUT2D eigenvalue weighted by Gasteiger charge is -2.17. The van der Waals surface area contributed by atoms with Crippen LogP contribution in [0.1, 0.15) is 24.4 Å². The highest BCUT2D eigenvalue weighted by molar-refractivity contribution is 7.89. The lowest BCUT2D eigenvalue weighted by Crippen LogP contribution is -2.15. The predicted molar refractivity (Wildman–Crippen MR) is 77.8 cm³/mol. The summed E-state index contributed by atoms with van der Waals surface area (Å²) >= 11 is 0. The topological polar surface area (TPSA) is 90.0 Å². The number of nitrogens with two attached hydrogens (primary N) is 1. The van der Waals surface area contributed by atoms with Crippen LogP contribution in [-0.2, 0) is 17.1 Å². The zero-order chi connectivity index (χ0) is 14.9. The molecule has 20 heavy (non-hydrogen) atoms. The third kappa shape index (κ3) is 3.00. The number of anilines is 1. The van der Waals surface area contributed by atoms with Crippen molar-refractivity contribution < 1.29 is 8.42 Å². The normalized spacial score (nSPS) is 13.2. The van der Waals surface area contributed by atoms with Crippen molar-refractivity contribution in [3.05, 3.63) is 42.0 Å². The van der Waals surface area contributed by atoms with Crippen LogP contribution in [0.2, 0.25) is 0 Å². The van der Waals surface area contributed by atoms with Crippen LogP contribution in [0.5, 0.6) is 0 Å². The summed E-state index contributed by atoms with van der Waals surface area (Å²) < 4.78 is 24.7. The van der Waals surface area contributed by atoms with Gasteiger partial charge in [-0.1, -0.05) is 6.07 Å². The van der Waals surface area contributed by atoms with Gasteiger partial charge in [0.05, 0.1) is 10.9 Å². The van der Waals surface area contributed by atoms with E-state index in [4.69, 9.17) is 5.14 Å². The first-order chi connectivity index (χ1) is 9.29. The Bertz CT molecular complexity index is 722. The molecule has 0 spiro atoms. The van der Waals surface area contributed by atoms with Gasteiger partial charge in [0.15, 0.2) is 0 Å².